The zero-order valence-corrected chi connectivity index (χ0v) is 15.0. The monoisotopic (exact) mass is 403 g/mol. The quantitative estimate of drug-likeness (QED) is 0.614. The van der Waals surface area contributed by atoms with Crippen LogP contribution in [0.15, 0.2) is 29.2 Å². The number of halogens is 4. The van der Waals surface area contributed by atoms with Gasteiger partial charge in [0.05, 0.1) is 4.90 Å². The Morgan fingerprint density at radius 1 is 0.926 bits per heavy atom. The van der Waals surface area contributed by atoms with Crippen LogP contribution in [0.2, 0.25) is 0 Å². The van der Waals surface area contributed by atoms with Crippen LogP contribution in [0, 0.1) is 23.5 Å². The highest BCUT2D eigenvalue weighted by atomic mass is 32.2. The SMILES string of the molecule is O=S(=O)(c1ccc(CNc2c(F)c(F)nc(F)c2F)cc1)N1CCCCC1. The van der Waals surface area contributed by atoms with Crippen LogP contribution in [0.25, 0.3) is 0 Å². The molecule has 0 aliphatic carbocycles. The minimum atomic E-state index is -3.59. The highest BCUT2D eigenvalue weighted by molar-refractivity contribution is 7.89. The maximum atomic E-state index is 13.6. The molecule has 1 aromatic carbocycles. The molecule has 0 spiro atoms. The first-order valence-corrected chi connectivity index (χ1v) is 9.77. The van der Waals surface area contributed by atoms with Crippen LogP contribution in [0.3, 0.4) is 0 Å². The topological polar surface area (TPSA) is 62.3 Å². The third kappa shape index (κ3) is 4.06. The number of aromatic nitrogens is 1. The van der Waals surface area contributed by atoms with Crippen LogP contribution in [0.5, 0.6) is 0 Å². The van der Waals surface area contributed by atoms with Gasteiger partial charge in [0.15, 0.2) is 0 Å². The van der Waals surface area contributed by atoms with Crippen molar-refractivity contribution in [2.24, 2.45) is 0 Å². The van der Waals surface area contributed by atoms with Gasteiger partial charge < -0.3 is 5.32 Å². The smallest absolute Gasteiger partial charge is 0.253 e. The molecule has 1 aliphatic heterocycles. The Hall–Kier alpha value is -2.20. The van der Waals surface area contributed by atoms with Crippen molar-refractivity contribution in [1.82, 2.24) is 9.29 Å². The molecule has 0 bridgehead atoms. The van der Waals surface area contributed by atoms with Crippen molar-refractivity contribution in [3.63, 3.8) is 0 Å². The molecule has 1 saturated heterocycles. The van der Waals surface area contributed by atoms with Gasteiger partial charge in [-0.1, -0.05) is 18.6 Å². The van der Waals surface area contributed by atoms with Crippen molar-refractivity contribution in [1.29, 1.82) is 0 Å². The normalized spacial score (nSPS) is 15.7. The number of pyridine rings is 1. The summed E-state index contributed by atoms with van der Waals surface area (Å²) in [6.07, 6.45) is 2.63. The maximum absolute atomic E-state index is 13.6. The lowest BCUT2D eigenvalue weighted by Crippen LogP contribution is -2.35. The van der Waals surface area contributed by atoms with Crippen molar-refractivity contribution in [3.05, 3.63) is 53.4 Å². The lowest BCUT2D eigenvalue weighted by Gasteiger charge is -2.25. The van der Waals surface area contributed by atoms with Gasteiger partial charge >= 0.3 is 0 Å². The Morgan fingerprint density at radius 2 is 1.48 bits per heavy atom. The lowest BCUT2D eigenvalue weighted by molar-refractivity contribution is 0.346. The van der Waals surface area contributed by atoms with E-state index in [2.05, 4.69) is 10.3 Å². The Balaban J connectivity index is 1.74. The van der Waals surface area contributed by atoms with E-state index in [-0.39, 0.29) is 11.4 Å². The molecule has 2 aromatic rings. The van der Waals surface area contributed by atoms with Gasteiger partial charge in [0.25, 0.3) is 11.9 Å². The van der Waals surface area contributed by atoms with E-state index in [9.17, 15) is 26.0 Å². The molecule has 0 unspecified atom stereocenters. The number of piperidine rings is 1. The molecule has 1 fully saturated rings. The number of hydrogen-bond acceptors (Lipinski definition) is 4. The Morgan fingerprint density at radius 3 is 2.04 bits per heavy atom. The van der Waals surface area contributed by atoms with E-state index < -0.39 is 39.2 Å². The molecular formula is C17H17F4N3O2S. The molecule has 27 heavy (non-hydrogen) atoms. The van der Waals surface area contributed by atoms with Gasteiger partial charge in [-0.3, -0.25) is 0 Å². The molecule has 0 amide bonds. The molecule has 1 aliphatic rings. The summed E-state index contributed by atoms with van der Waals surface area (Å²) < 4.78 is 79.9. The van der Waals surface area contributed by atoms with E-state index in [0.717, 1.165) is 19.3 Å². The van der Waals surface area contributed by atoms with Crippen LogP contribution in [-0.2, 0) is 16.6 Å². The molecule has 146 valence electrons. The van der Waals surface area contributed by atoms with Crippen LogP contribution in [0.4, 0.5) is 23.2 Å². The molecule has 0 radical (unpaired) electrons. The van der Waals surface area contributed by atoms with E-state index in [0.29, 0.717) is 18.7 Å². The van der Waals surface area contributed by atoms with Crippen LogP contribution in [0.1, 0.15) is 24.8 Å². The van der Waals surface area contributed by atoms with Crippen molar-refractivity contribution >= 4 is 15.7 Å². The van der Waals surface area contributed by atoms with Gasteiger partial charge in [-0.2, -0.15) is 26.9 Å². The zero-order valence-electron chi connectivity index (χ0n) is 14.2. The van der Waals surface area contributed by atoms with Gasteiger partial charge in [0, 0.05) is 19.6 Å². The predicted molar refractivity (Wildman–Crippen MR) is 90.4 cm³/mol. The largest absolute Gasteiger partial charge is 0.376 e. The van der Waals surface area contributed by atoms with Crippen molar-refractivity contribution < 1.29 is 26.0 Å². The molecule has 1 aromatic heterocycles. The van der Waals surface area contributed by atoms with E-state index in [1.165, 1.54) is 28.6 Å². The summed E-state index contributed by atoms with van der Waals surface area (Å²) in [5, 5.41) is 2.27. The first kappa shape index (κ1) is 19.6. The number of hydrogen-bond donors (Lipinski definition) is 1. The summed E-state index contributed by atoms with van der Waals surface area (Å²) in [6.45, 7) is 0.785. The number of nitrogens with zero attached hydrogens (tertiary/aromatic N) is 2. The van der Waals surface area contributed by atoms with Crippen molar-refractivity contribution in [3.8, 4) is 0 Å². The number of anilines is 1. The third-order valence-electron chi connectivity index (χ3n) is 4.34. The fourth-order valence-electron chi connectivity index (χ4n) is 2.87. The third-order valence-corrected chi connectivity index (χ3v) is 6.26. The minimum absolute atomic E-state index is 0.117. The van der Waals surface area contributed by atoms with E-state index in [1.807, 2.05) is 0 Å². The summed E-state index contributed by atoms with van der Waals surface area (Å²) in [4.78, 5) is 2.59. The minimum Gasteiger partial charge on any atom is -0.376 e. The first-order valence-electron chi connectivity index (χ1n) is 8.33. The van der Waals surface area contributed by atoms with Crippen LogP contribution < -0.4 is 5.32 Å². The molecule has 0 atom stereocenters. The standard InChI is InChI=1S/C17H17F4N3O2S/c18-13-15(14(19)17(21)23-16(13)20)22-10-11-4-6-12(7-5-11)27(25,26)24-8-2-1-3-9-24/h4-7H,1-3,8-10H2,(H,22,23). The average molecular weight is 403 g/mol. The first-order chi connectivity index (χ1) is 12.8. The fourth-order valence-corrected chi connectivity index (χ4v) is 4.38. The second-order valence-corrected chi connectivity index (χ2v) is 8.10. The highest BCUT2D eigenvalue weighted by Crippen LogP contribution is 2.24. The van der Waals surface area contributed by atoms with Crippen molar-refractivity contribution in [2.45, 2.75) is 30.7 Å². The van der Waals surface area contributed by atoms with E-state index in [4.69, 9.17) is 0 Å². The molecule has 10 heteroatoms. The fraction of sp³-hybridized carbons (Fsp3) is 0.353. The molecule has 3 rings (SSSR count). The van der Waals surface area contributed by atoms with Crippen LogP contribution >= 0.6 is 0 Å². The summed E-state index contributed by atoms with van der Waals surface area (Å²) in [7, 11) is -3.59. The summed E-state index contributed by atoms with van der Waals surface area (Å²) in [5.74, 6) is -6.75. The van der Waals surface area contributed by atoms with E-state index in [1.54, 1.807) is 0 Å². The Kier molecular flexibility index (Phi) is 5.66. The predicted octanol–water partition coefficient (Wildman–Crippen LogP) is 3.42. The van der Waals surface area contributed by atoms with Gasteiger partial charge in [0.1, 0.15) is 5.69 Å². The zero-order chi connectivity index (χ0) is 19.6. The summed E-state index contributed by atoms with van der Waals surface area (Å²) in [5.41, 5.74) is -0.492. The van der Waals surface area contributed by atoms with Gasteiger partial charge in [-0.25, -0.2) is 8.42 Å². The van der Waals surface area contributed by atoms with Gasteiger partial charge in [-0.05, 0) is 30.5 Å². The number of rotatable bonds is 5. The number of benzene rings is 1. The van der Waals surface area contributed by atoms with Crippen LogP contribution in [-0.4, -0.2) is 30.8 Å². The summed E-state index contributed by atoms with van der Waals surface area (Å²) in [6, 6.07) is 5.71. The molecule has 1 N–H and O–H groups in total. The molecule has 2 heterocycles. The van der Waals surface area contributed by atoms with Gasteiger partial charge in [0.2, 0.25) is 21.7 Å². The van der Waals surface area contributed by atoms with E-state index >= 15 is 0 Å². The van der Waals surface area contributed by atoms with Gasteiger partial charge in [-0.15, -0.1) is 0 Å². The average Bonchev–Trinajstić information content (AvgIpc) is 2.67. The number of nitrogens with one attached hydrogen (secondary N) is 1. The highest BCUT2D eigenvalue weighted by Gasteiger charge is 2.26. The summed E-state index contributed by atoms with van der Waals surface area (Å²) >= 11 is 0. The number of sulfonamides is 1. The molecule has 5 nitrogen and oxygen atoms in total. The second-order valence-electron chi connectivity index (χ2n) is 6.16. The second kappa shape index (κ2) is 7.81. The Bertz CT molecular complexity index is 904. The van der Waals surface area contributed by atoms with Crippen molar-refractivity contribution in [2.75, 3.05) is 18.4 Å². The Labute approximate surface area is 154 Å². The maximum Gasteiger partial charge on any atom is 0.253 e. The lowest BCUT2D eigenvalue weighted by atomic mass is 10.2. The molecular weight excluding hydrogens is 386 g/mol. The molecule has 0 saturated carbocycles.